The summed E-state index contributed by atoms with van der Waals surface area (Å²) in [5.74, 6) is -1.77. The van der Waals surface area contributed by atoms with Gasteiger partial charge in [-0.05, 0) is 18.2 Å². The molecule has 0 radical (unpaired) electrons. The van der Waals surface area contributed by atoms with Crippen molar-refractivity contribution in [3.05, 3.63) is 52.6 Å². The van der Waals surface area contributed by atoms with E-state index in [-0.39, 0.29) is 22.0 Å². The van der Waals surface area contributed by atoms with Crippen LogP contribution in [0.5, 0.6) is 23.0 Å². The third kappa shape index (κ3) is 2.97. The molecule has 5 rings (SSSR count). The van der Waals surface area contributed by atoms with Gasteiger partial charge in [0.1, 0.15) is 16.7 Å². The summed E-state index contributed by atoms with van der Waals surface area (Å²) in [7, 11) is 4.41. The molecule has 3 aliphatic heterocycles. The number of nitrogens with two attached hydrogens (primary N) is 1. The molecule has 2 aromatic rings. The van der Waals surface area contributed by atoms with Crippen molar-refractivity contribution in [3.8, 4) is 23.0 Å². The maximum absolute atomic E-state index is 13.8. The molecule has 3 aliphatic rings. The molecule has 0 bridgehead atoms. The standard InChI is InChI=1S/C23H20N2O7S/c1-29-10-7-8-13(30-2)12(9-10)25-21(26)16-15-11-5-4-6-14(31-3)18(11)32-23(28)17(15)20(24)33-19(16)22(25)27/h4-9,15-16,19H,24H2,1-3H3/t15-,16+,19-/m0/s1. The van der Waals surface area contributed by atoms with Gasteiger partial charge in [-0.1, -0.05) is 23.9 Å². The first-order chi connectivity index (χ1) is 15.9. The van der Waals surface area contributed by atoms with Crippen LogP contribution < -0.4 is 29.6 Å². The van der Waals surface area contributed by atoms with E-state index in [1.54, 1.807) is 36.4 Å². The first-order valence-corrected chi connectivity index (χ1v) is 10.9. The smallest absolute Gasteiger partial charge is 0.342 e. The number of benzene rings is 2. The minimum atomic E-state index is -0.862. The maximum atomic E-state index is 13.8. The molecule has 33 heavy (non-hydrogen) atoms. The van der Waals surface area contributed by atoms with Crippen LogP contribution in [0.1, 0.15) is 11.5 Å². The molecule has 1 fully saturated rings. The first kappa shape index (κ1) is 21.2. The quantitative estimate of drug-likeness (QED) is 0.409. The van der Waals surface area contributed by atoms with E-state index in [0.29, 0.717) is 22.8 Å². The Labute approximate surface area is 193 Å². The second-order valence-corrected chi connectivity index (χ2v) is 8.82. The third-order valence-electron chi connectivity index (χ3n) is 6.09. The van der Waals surface area contributed by atoms with Gasteiger partial charge < -0.3 is 24.7 Å². The van der Waals surface area contributed by atoms with Crippen LogP contribution in [0.3, 0.4) is 0 Å². The maximum Gasteiger partial charge on any atom is 0.342 e. The van der Waals surface area contributed by atoms with Gasteiger partial charge in [0.2, 0.25) is 11.8 Å². The molecule has 1 saturated heterocycles. The molecule has 0 spiro atoms. The number of fused-ring (bicyclic) bond motifs is 5. The fourth-order valence-corrected chi connectivity index (χ4v) is 5.86. The van der Waals surface area contributed by atoms with Crippen LogP contribution in [0.2, 0.25) is 0 Å². The summed E-state index contributed by atoms with van der Waals surface area (Å²) in [6, 6.07) is 10.0. The Bertz CT molecular complexity index is 1240. The van der Waals surface area contributed by atoms with Crippen molar-refractivity contribution < 1.29 is 33.3 Å². The lowest BCUT2D eigenvalue weighted by Crippen LogP contribution is -2.39. The number of para-hydroxylation sites is 1. The molecule has 0 saturated carbocycles. The van der Waals surface area contributed by atoms with Crippen molar-refractivity contribution in [1.29, 1.82) is 0 Å². The summed E-state index contributed by atoms with van der Waals surface area (Å²) in [6.45, 7) is 0. The minimum Gasteiger partial charge on any atom is -0.497 e. The van der Waals surface area contributed by atoms with Crippen molar-refractivity contribution >= 4 is 35.2 Å². The van der Waals surface area contributed by atoms with Crippen molar-refractivity contribution in [1.82, 2.24) is 0 Å². The van der Waals surface area contributed by atoms with E-state index < -0.39 is 34.9 Å². The van der Waals surface area contributed by atoms with Crippen molar-refractivity contribution in [2.24, 2.45) is 11.7 Å². The Balaban J connectivity index is 1.67. The summed E-state index contributed by atoms with van der Waals surface area (Å²) in [4.78, 5) is 41.3. The Morgan fingerprint density at radius 3 is 2.42 bits per heavy atom. The Morgan fingerprint density at radius 1 is 0.970 bits per heavy atom. The number of hydrogen-bond donors (Lipinski definition) is 1. The largest absolute Gasteiger partial charge is 0.497 e. The Kier molecular flexibility index (Phi) is 4.97. The van der Waals surface area contributed by atoms with E-state index in [1.165, 1.54) is 21.3 Å². The lowest BCUT2D eigenvalue weighted by Gasteiger charge is -2.36. The number of hydrogen-bond acceptors (Lipinski definition) is 9. The number of ether oxygens (including phenoxy) is 4. The average Bonchev–Trinajstić information content (AvgIpc) is 3.07. The van der Waals surface area contributed by atoms with Gasteiger partial charge in [0, 0.05) is 17.5 Å². The van der Waals surface area contributed by atoms with Crippen LogP contribution in [-0.4, -0.2) is 44.4 Å². The number of carbonyl (C=O) groups is 3. The molecule has 2 N–H and O–H groups in total. The van der Waals surface area contributed by atoms with Gasteiger partial charge in [-0.25, -0.2) is 9.69 Å². The van der Waals surface area contributed by atoms with Gasteiger partial charge >= 0.3 is 5.97 Å². The number of anilines is 1. The molecule has 0 aliphatic carbocycles. The van der Waals surface area contributed by atoms with E-state index in [0.717, 1.165) is 16.7 Å². The summed E-state index contributed by atoms with van der Waals surface area (Å²) in [6.07, 6.45) is 0. The van der Waals surface area contributed by atoms with Gasteiger partial charge in [0.15, 0.2) is 11.5 Å². The number of esters is 1. The van der Waals surface area contributed by atoms with Crippen LogP contribution in [0.4, 0.5) is 5.69 Å². The van der Waals surface area contributed by atoms with Crippen LogP contribution >= 0.6 is 11.8 Å². The van der Waals surface area contributed by atoms with E-state index in [9.17, 15) is 14.4 Å². The molecule has 170 valence electrons. The SMILES string of the molecule is COc1ccc(OC)c(N2C(=O)[C@H]3[C@H](SC(N)=C4C(=O)Oc5c(OC)cccc5[C@H]43)C2=O)c1. The fourth-order valence-electron chi connectivity index (χ4n) is 4.62. The summed E-state index contributed by atoms with van der Waals surface area (Å²) < 4.78 is 21.6. The molecule has 10 heteroatoms. The highest BCUT2D eigenvalue weighted by Gasteiger charge is 2.59. The van der Waals surface area contributed by atoms with E-state index in [2.05, 4.69) is 0 Å². The number of imide groups is 1. The summed E-state index contributed by atoms with van der Waals surface area (Å²) >= 11 is 1.01. The molecule has 9 nitrogen and oxygen atoms in total. The van der Waals surface area contributed by atoms with Crippen molar-refractivity contribution in [2.45, 2.75) is 11.2 Å². The number of thioether (sulfide) groups is 1. The molecule has 3 atom stereocenters. The zero-order valence-electron chi connectivity index (χ0n) is 18.0. The van der Waals surface area contributed by atoms with Gasteiger partial charge in [0.25, 0.3) is 0 Å². The molecule has 0 unspecified atom stereocenters. The normalized spacial score (nSPS) is 23.5. The minimum absolute atomic E-state index is 0.167. The molecule has 2 aromatic carbocycles. The van der Waals surface area contributed by atoms with Crippen LogP contribution in [-0.2, 0) is 14.4 Å². The molecule has 0 aromatic heterocycles. The number of nitrogens with zero attached hydrogens (tertiary/aromatic N) is 1. The molecule has 3 heterocycles. The number of rotatable bonds is 4. The second-order valence-electron chi connectivity index (χ2n) is 7.64. The van der Waals surface area contributed by atoms with Crippen molar-refractivity contribution in [3.63, 3.8) is 0 Å². The predicted octanol–water partition coefficient (Wildman–Crippen LogP) is 2.19. The zero-order chi connectivity index (χ0) is 23.4. The van der Waals surface area contributed by atoms with Crippen LogP contribution in [0.25, 0.3) is 0 Å². The van der Waals surface area contributed by atoms with E-state index >= 15 is 0 Å². The number of amides is 2. The average molecular weight is 468 g/mol. The van der Waals surface area contributed by atoms with Gasteiger partial charge in [-0.2, -0.15) is 0 Å². The number of carbonyl (C=O) groups excluding carboxylic acids is 3. The highest BCUT2D eigenvalue weighted by atomic mass is 32.2. The van der Waals surface area contributed by atoms with E-state index in [4.69, 9.17) is 24.7 Å². The Hall–Kier alpha value is -3.66. The Morgan fingerprint density at radius 2 is 1.73 bits per heavy atom. The van der Waals surface area contributed by atoms with Gasteiger partial charge in [0.05, 0.1) is 43.5 Å². The predicted molar refractivity (Wildman–Crippen MR) is 119 cm³/mol. The van der Waals surface area contributed by atoms with Crippen LogP contribution in [0.15, 0.2) is 47.0 Å². The molecular formula is C23H20N2O7S. The zero-order valence-corrected chi connectivity index (χ0v) is 18.8. The van der Waals surface area contributed by atoms with Crippen molar-refractivity contribution in [2.75, 3.05) is 26.2 Å². The lowest BCUT2D eigenvalue weighted by atomic mass is 9.77. The van der Waals surface area contributed by atoms with Gasteiger partial charge in [-0.3, -0.25) is 9.59 Å². The number of methoxy groups -OCH3 is 3. The second kappa shape index (κ2) is 7.73. The highest BCUT2D eigenvalue weighted by Crippen LogP contribution is 2.56. The van der Waals surface area contributed by atoms with Crippen LogP contribution in [0, 0.1) is 5.92 Å². The topological polar surface area (TPSA) is 117 Å². The van der Waals surface area contributed by atoms with Gasteiger partial charge in [-0.15, -0.1) is 0 Å². The lowest BCUT2D eigenvalue weighted by molar-refractivity contribution is -0.132. The van der Waals surface area contributed by atoms with E-state index in [1.807, 2.05) is 0 Å². The summed E-state index contributed by atoms with van der Waals surface area (Å²) in [5.41, 5.74) is 7.27. The highest BCUT2D eigenvalue weighted by molar-refractivity contribution is 8.04. The monoisotopic (exact) mass is 468 g/mol. The summed E-state index contributed by atoms with van der Waals surface area (Å²) in [5, 5.41) is -0.646. The third-order valence-corrected chi connectivity index (χ3v) is 7.31. The molecule has 2 amide bonds. The fraction of sp³-hybridized carbons (Fsp3) is 0.261. The molecular weight excluding hydrogens is 448 g/mol. The first-order valence-electron chi connectivity index (χ1n) is 10.1.